The SMILES string of the molecule is CCCc1cc(C(=O)N2CC[C@@H]3OCc4cccc(c4)Oc4ccc(cc4)CCC(=O)N(CCCO)CC(=O)N[C@H]3C2)n[nH]1. The zero-order valence-corrected chi connectivity index (χ0v) is 25.2. The number of nitrogens with one attached hydrogen (secondary N) is 2. The highest BCUT2D eigenvalue weighted by Crippen LogP contribution is 2.25. The van der Waals surface area contributed by atoms with E-state index < -0.39 is 6.04 Å². The van der Waals surface area contributed by atoms with Crippen LogP contribution in [-0.2, 0) is 33.8 Å². The van der Waals surface area contributed by atoms with E-state index in [0.29, 0.717) is 49.6 Å². The van der Waals surface area contributed by atoms with E-state index in [1.165, 1.54) is 4.90 Å². The highest BCUT2D eigenvalue weighted by molar-refractivity contribution is 5.92. The van der Waals surface area contributed by atoms with Crippen LogP contribution in [0.25, 0.3) is 0 Å². The Morgan fingerprint density at radius 2 is 1.91 bits per heavy atom. The molecule has 11 nitrogen and oxygen atoms in total. The third kappa shape index (κ3) is 8.23. The Hall–Kier alpha value is -4.22. The van der Waals surface area contributed by atoms with Crippen LogP contribution in [0.1, 0.15) is 59.9 Å². The van der Waals surface area contributed by atoms with E-state index in [9.17, 15) is 19.5 Å². The number of H-pyrrole nitrogens is 1. The van der Waals surface area contributed by atoms with Crippen molar-refractivity contribution in [2.75, 3.05) is 32.8 Å². The summed E-state index contributed by atoms with van der Waals surface area (Å²) in [7, 11) is 0. The number of ether oxygens (including phenoxy) is 2. The number of piperidine rings is 1. The van der Waals surface area contributed by atoms with Crippen molar-refractivity contribution in [1.82, 2.24) is 25.3 Å². The van der Waals surface area contributed by atoms with E-state index in [1.807, 2.05) is 48.5 Å². The molecule has 0 spiro atoms. The van der Waals surface area contributed by atoms with Crippen LogP contribution in [0.3, 0.4) is 0 Å². The van der Waals surface area contributed by atoms with Crippen LogP contribution in [0, 0.1) is 0 Å². The summed E-state index contributed by atoms with van der Waals surface area (Å²) in [5.74, 6) is 0.650. The van der Waals surface area contributed by atoms with Crippen molar-refractivity contribution in [1.29, 1.82) is 0 Å². The molecule has 3 aromatic rings. The van der Waals surface area contributed by atoms with Crippen LogP contribution in [0.4, 0.5) is 0 Å². The summed E-state index contributed by atoms with van der Waals surface area (Å²) in [4.78, 5) is 43.1. The molecule has 2 atom stereocenters. The molecule has 1 saturated heterocycles. The minimum atomic E-state index is -0.499. The summed E-state index contributed by atoms with van der Waals surface area (Å²) in [5, 5.41) is 19.6. The van der Waals surface area contributed by atoms with Crippen molar-refractivity contribution in [3.8, 4) is 11.5 Å². The maximum atomic E-state index is 13.4. The maximum Gasteiger partial charge on any atom is 0.274 e. The van der Waals surface area contributed by atoms with Crippen LogP contribution in [0.2, 0.25) is 0 Å². The predicted octanol–water partition coefficient (Wildman–Crippen LogP) is 3.23. The maximum absolute atomic E-state index is 13.4. The van der Waals surface area contributed by atoms with Gasteiger partial charge in [-0.25, -0.2) is 0 Å². The third-order valence-electron chi connectivity index (χ3n) is 7.97. The summed E-state index contributed by atoms with van der Waals surface area (Å²) < 4.78 is 12.4. The Labute approximate surface area is 257 Å². The quantitative estimate of drug-likeness (QED) is 0.394. The number of benzene rings is 2. The minimum Gasteiger partial charge on any atom is -0.457 e. The number of hydrogen-bond donors (Lipinski definition) is 3. The molecule has 0 unspecified atom stereocenters. The van der Waals surface area contributed by atoms with Gasteiger partial charge in [0.15, 0.2) is 0 Å². The van der Waals surface area contributed by atoms with Gasteiger partial charge in [-0.05, 0) is 67.1 Å². The molecule has 3 amide bonds. The van der Waals surface area contributed by atoms with Gasteiger partial charge in [0.2, 0.25) is 11.8 Å². The molecular formula is C33H41N5O6. The first-order chi connectivity index (χ1) is 21.4. The Balaban J connectivity index is 1.37. The first-order valence-electron chi connectivity index (χ1n) is 15.4. The number of aryl methyl sites for hydroxylation is 2. The van der Waals surface area contributed by atoms with Crippen molar-refractivity contribution in [2.24, 2.45) is 0 Å². The monoisotopic (exact) mass is 603 g/mol. The number of aliphatic hydroxyl groups excluding tert-OH is 1. The smallest absolute Gasteiger partial charge is 0.274 e. The van der Waals surface area contributed by atoms with Gasteiger partial charge in [0.1, 0.15) is 17.2 Å². The van der Waals surface area contributed by atoms with E-state index in [0.717, 1.165) is 29.7 Å². The van der Waals surface area contributed by atoms with Crippen molar-refractivity contribution in [3.63, 3.8) is 0 Å². The average molecular weight is 604 g/mol. The van der Waals surface area contributed by atoms with Gasteiger partial charge < -0.3 is 29.7 Å². The molecule has 4 bridgehead atoms. The van der Waals surface area contributed by atoms with Gasteiger partial charge in [-0.3, -0.25) is 19.5 Å². The molecule has 6 rings (SSSR count). The number of aliphatic hydroxyl groups is 1. The van der Waals surface area contributed by atoms with E-state index in [-0.39, 0.29) is 56.5 Å². The lowest BCUT2D eigenvalue weighted by Crippen LogP contribution is -2.58. The molecule has 3 N–H and O–H groups in total. The first-order valence-corrected chi connectivity index (χ1v) is 15.4. The summed E-state index contributed by atoms with van der Waals surface area (Å²) in [6.45, 7) is 3.08. The number of aromatic amines is 1. The Morgan fingerprint density at radius 1 is 1.07 bits per heavy atom. The Morgan fingerprint density at radius 3 is 2.70 bits per heavy atom. The number of fused-ring (bicyclic) bond motifs is 9. The third-order valence-corrected chi connectivity index (χ3v) is 7.97. The second kappa shape index (κ2) is 15.0. The fourth-order valence-corrected chi connectivity index (χ4v) is 5.63. The molecule has 3 aliphatic rings. The van der Waals surface area contributed by atoms with Gasteiger partial charge in [-0.2, -0.15) is 5.10 Å². The van der Waals surface area contributed by atoms with Gasteiger partial charge in [0, 0.05) is 38.4 Å². The number of carbonyl (C=O) groups excluding carboxylic acids is 3. The second-order valence-electron chi connectivity index (χ2n) is 11.4. The van der Waals surface area contributed by atoms with Gasteiger partial charge >= 0.3 is 0 Å². The lowest BCUT2D eigenvalue weighted by Gasteiger charge is -2.38. The molecule has 0 radical (unpaired) electrons. The number of hydrogen-bond acceptors (Lipinski definition) is 7. The van der Waals surface area contributed by atoms with E-state index in [2.05, 4.69) is 22.4 Å². The van der Waals surface area contributed by atoms with Gasteiger partial charge in [0.05, 0.1) is 25.3 Å². The number of nitrogens with zero attached hydrogens (tertiary/aromatic N) is 3. The fourth-order valence-electron chi connectivity index (χ4n) is 5.63. The fraction of sp³-hybridized carbons (Fsp3) is 0.455. The number of rotatable bonds is 6. The highest BCUT2D eigenvalue weighted by Gasteiger charge is 2.35. The molecule has 2 aromatic carbocycles. The van der Waals surface area contributed by atoms with Crippen LogP contribution in [0.5, 0.6) is 11.5 Å². The van der Waals surface area contributed by atoms with Crippen LogP contribution >= 0.6 is 0 Å². The number of likely N-dealkylation sites (tertiary alicyclic amines) is 1. The Kier molecular flexibility index (Phi) is 10.6. The molecule has 11 heteroatoms. The summed E-state index contributed by atoms with van der Waals surface area (Å²) in [6, 6.07) is 16.6. The average Bonchev–Trinajstić information content (AvgIpc) is 3.50. The lowest BCUT2D eigenvalue weighted by molar-refractivity contribution is -0.137. The summed E-state index contributed by atoms with van der Waals surface area (Å²) in [5.41, 5.74) is 3.15. The van der Waals surface area contributed by atoms with Crippen molar-refractivity contribution < 1.29 is 29.0 Å². The van der Waals surface area contributed by atoms with Crippen LogP contribution in [-0.4, -0.2) is 87.8 Å². The van der Waals surface area contributed by atoms with Gasteiger partial charge in [0.25, 0.3) is 5.91 Å². The highest BCUT2D eigenvalue weighted by atomic mass is 16.5. The van der Waals surface area contributed by atoms with Gasteiger partial charge in [-0.15, -0.1) is 0 Å². The van der Waals surface area contributed by atoms with E-state index in [1.54, 1.807) is 11.0 Å². The normalized spacial score (nSPS) is 19.8. The standard InChI is InChI=1S/C33H41N5O6/c1-2-5-25-19-28(36-35-25)33(42)38-16-14-30-29(20-38)34-31(40)21-37(15-4-17-39)32(41)13-10-23-8-11-26(12-9-23)44-27-7-3-6-24(18-27)22-43-30/h3,6-9,11-12,18-19,29-30,39H,2,4-5,10,13-17,20-22H2,1H3,(H,34,40)(H,35,36)/t29-,30-/m0/s1. The summed E-state index contributed by atoms with van der Waals surface area (Å²) >= 11 is 0. The number of aromatic nitrogens is 2. The molecule has 1 aromatic heterocycles. The van der Waals surface area contributed by atoms with Crippen molar-refractivity contribution in [3.05, 3.63) is 77.1 Å². The molecule has 4 heterocycles. The lowest BCUT2D eigenvalue weighted by atomic mass is 10.0. The number of carbonyl (C=O) groups is 3. The molecule has 3 aliphatic heterocycles. The topological polar surface area (TPSA) is 137 Å². The molecule has 0 aliphatic carbocycles. The predicted molar refractivity (Wildman–Crippen MR) is 163 cm³/mol. The molecular weight excluding hydrogens is 562 g/mol. The van der Waals surface area contributed by atoms with Gasteiger partial charge in [-0.1, -0.05) is 37.6 Å². The molecule has 44 heavy (non-hydrogen) atoms. The van der Waals surface area contributed by atoms with E-state index in [4.69, 9.17) is 9.47 Å². The van der Waals surface area contributed by atoms with Crippen molar-refractivity contribution in [2.45, 2.75) is 64.2 Å². The Bertz CT molecular complexity index is 1420. The van der Waals surface area contributed by atoms with Crippen molar-refractivity contribution >= 4 is 17.7 Å². The second-order valence-corrected chi connectivity index (χ2v) is 11.4. The molecule has 234 valence electrons. The zero-order chi connectivity index (χ0) is 30.9. The molecule has 0 saturated carbocycles. The largest absolute Gasteiger partial charge is 0.457 e. The zero-order valence-electron chi connectivity index (χ0n) is 25.2. The van der Waals surface area contributed by atoms with Crippen LogP contribution < -0.4 is 10.1 Å². The first kappa shape index (κ1) is 31.2. The van der Waals surface area contributed by atoms with Crippen LogP contribution in [0.15, 0.2) is 54.6 Å². The minimum absolute atomic E-state index is 0.0869. The summed E-state index contributed by atoms with van der Waals surface area (Å²) in [6.07, 6.45) is 2.99. The van der Waals surface area contributed by atoms with E-state index >= 15 is 0 Å². The molecule has 1 fully saturated rings. The number of amides is 3.